The number of ether oxygens (including phenoxy) is 1. The minimum absolute atomic E-state index is 0.0110. The number of carbonyl (C=O) groups is 1. The summed E-state index contributed by atoms with van der Waals surface area (Å²) in [6.07, 6.45) is 0. The first-order valence-corrected chi connectivity index (χ1v) is 10.8. The van der Waals surface area contributed by atoms with E-state index in [1.807, 2.05) is 23.1 Å². The molecule has 1 saturated heterocycles. The van der Waals surface area contributed by atoms with Gasteiger partial charge in [0.05, 0.1) is 10.5 Å². The van der Waals surface area contributed by atoms with E-state index in [0.29, 0.717) is 31.3 Å². The SMILES string of the molecule is CN=C(NCc1cccc(OCC(=O)N(C)C)c1)N1CCS(=O)(=O)C(C)(C)C1. The summed E-state index contributed by atoms with van der Waals surface area (Å²) in [4.78, 5) is 19.4. The van der Waals surface area contributed by atoms with Gasteiger partial charge < -0.3 is 19.9 Å². The summed E-state index contributed by atoms with van der Waals surface area (Å²) in [7, 11) is 1.96. The summed E-state index contributed by atoms with van der Waals surface area (Å²) < 4.78 is 29.1. The highest BCUT2D eigenvalue weighted by Crippen LogP contribution is 2.23. The van der Waals surface area contributed by atoms with Gasteiger partial charge in [-0.3, -0.25) is 9.79 Å². The topological polar surface area (TPSA) is 91.3 Å². The van der Waals surface area contributed by atoms with Crippen molar-refractivity contribution in [2.75, 3.05) is 46.6 Å². The number of likely N-dealkylation sites (N-methyl/N-ethyl adjacent to an activating group) is 1. The number of rotatable bonds is 5. The maximum absolute atomic E-state index is 12.2. The van der Waals surface area contributed by atoms with E-state index in [2.05, 4.69) is 10.3 Å². The van der Waals surface area contributed by atoms with Crippen LogP contribution in [0, 0.1) is 0 Å². The zero-order valence-electron chi connectivity index (χ0n) is 17.2. The summed E-state index contributed by atoms with van der Waals surface area (Å²) in [5.74, 6) is 1.29. The molecule has 0 bridgehead atoms. The van der Waals surface area contributed by atoms with Gasteiger partial charge in [-0.05, 0) is 31.5 Å². The molecule has 156 valence electrons. The molecule has 0 aliphatic carbocycles. The molecule has 1 N–H and O–H groups in total. The Hall–Kier alpha value is -2.29. The van der Waals surface area contributed by atoms with Gasteiger partial charge in [0.2, 0.25) is 0 Å². The van der Waals surface area contributed by atoms with Crippen molar-refractivity contribution in [2.24, 2.45) is 4.99 Å². The fourth-order valence-electron chi connectivity index (χ4n) is 2.86. The van der Waals surface area contributed by atoms with Crippen LogP contribution in [0.25, 0.3) is 0 Å². The molecule has 1 amide bonds. The van der Waals surface area contributed by atoms with Crippen molar-refractivity contribution in [2.45, 2.75) is 25.1 Å². The lowest BCUT2D eigenvalue weighted by molar-refractivity contribution is -0.130. The molecule has 8 nitrogen and oxygen atoms in total. The van der Waals surface area contributed by atoms with Crippen LogP contribution in [0.5, 0.6) is 5.75 Å². The number of hydrogen-bond acceptors (Lipinski definition) is 5. The lowest BCUT2D eigenvalue weighted by Gasteiger charge is -2.39. The number of nitrogens with one attached hydrogen (secondary N) is 1. The number of amides is 1. The van der Waals surface area contributed by atoms with Crippen molar-refractivity contribution in [1.82, 2.24) is 15.1 Å². The number of hydrogen-bond donors (Lipinski definition) is 1. The number of carbonyl (C=O) groups excluding carboxylic acids is 1. The van der Waals surface area contributed by atoms with E-state index in [-0.39, 0.29) is 18.3 Å². The van der Waals surface area contributed by atoms with E-state index >= 15 is 0 Å². The average Bonchev–Trinajstić information content (AvgIpc) is 2.63. The predicted octanol–water partition coefficient (Wildman–Crippen LogP) is 0.738. The molecule has 1 aromatic carbocycles. The molecule has 0 saturated carbocycles. The van der Waals surface area contributed by atoms with Crippen LogP contribution >= 0.6 is 0 Å². The van der Waals surface area contributed by atoms with Crippen LogP contribution in [0.15, 0.2) is 29.3 Å². The zero-order chi connectivity index (χ0) is 20.9. The Bertz CT molecular complexity index is 834. The highest BCUT2D eigenvalue weighted by molar-refractivity contribution is 7.92. The van der Waals surface area contributed by atoms with Crippen molar-refractivity contribution >= 4 is 21.7 Å². The first kappa shape index (κ1) is 22.0. The third-order valence-electron chi connectivity index (χ3n) is 4.77. The van der Waals surface area contributed by atoms with E-state index in [1.165, 1.54) is 4.90 Å². The third-order valence-corrected chi connectivity index (χ3v) is 7.30. The molecule has 1 aromatic rings. The van der Waals surface area contributed by atoms with Crippen LogP contribution in [0.3, 0.4) is 0 Å². The molecule has 1 fully saturated rings. The van der Waals surface area contributed by atoms with E-state index in [0.717, 1.165) is 5.56 Å². The minimum atomic E-state index is -3.10. The molecule has 1 aliphatic rings. The average molecular weight is 411 g/mol. The molecule has 0 aromatic heterocycles. The number of guanidine groups is 1. The van der Waals surface area contributed by atoms with Gasteiger partial charge >= 0.3 is 0 Å². The molecular weight excluding hydrogens is 380 g/mol. The normalized spacial score (nSPS) is 18.5. The Morgan fingerprint density at radius 2 is 2.07 bits per heavy atom. The highest BCUT2D eigenvalue weighted by atomic mass is 32.2. The second kappa shape index (κ2) is 8.81. The highest BCUT2D eigenvalue weighted by Gasteiger charge is 2.40. The Balaban J connectivity index is 1.97. The maximum Gasteiger partial charge on any atom is 0.259 e. The monoisotopic (exact) mass is 410 g/mol. The number of sulfone groups is 1. The Kier molecular flexibility index (Phi) is 6.92. The fraction of sp³-hybridized carbons (Fsp3) is 0.579. The van der Waals surface area contributed by atoms with Gasteiger partial charge in [0, 0.05) is 40.8 Å². The predicted molar refractivity (Wildman–Crippen MR) is 110 cm³/mol. The molecule has 28 heavy (non-hydrogen) atoms. The molecule has 0 radical (unpaired) electrons. The van der Waals surface area contributed by atoms with Crippen LogP contribution in [0.2, 0.25) is 0 Å². The fourth-order valence-corrected chi connectivity index (χ4v) is 4.22. The summed E-state index contributed by atoms with van der Waals surface area (Å²) in [6.45, 7) is 4.80. The van der Waals surface area contributed by atoms with Gasteiger partial charge in [0.15, 0.2) is 22.4 Å². The van der Waals surface area contributed by atoms with E-state index in [9.17, 15) is 13.2 Å². The number of nitrogens with zero attached hydrogens (tertiary/aromatic N) is 3. The summed E-state index contributed by atoms with van der Waals surface area (Å²) in [6, 6.07) is 7.49. The molecule has 0 spiro atoms. The smallest absolute Gasteiger partial charge is 0.259 e. The zero-order valence-corrected chi connectivity index (χ0v) is 18.0. The Labute approximate surface area is 167 Å². The van der Waals surface area contributed by atoms with Gasteiger partial charge in [-0.15, -0.1) is 0 Å². The standard InChI is InChI=1S/C19H30N4O4S/c1-19(2)14-23(9-10-28(19,25)26)18(20-3)21-12-15-7-6-8-16(11-15)27-13-17(24)22(4)5/h6-8,11H,9-10,12-14H2,1-5H3,(H,20,21). The van der Waals surface area contributed by atoms with Crippen molar-refractivity contribution in [3.05, 3.63) is 29.8 Å². The molecule has 0 atom stereocenters. The Morgan fingerprint density at radius 3 is 2.68 bits per heavy atom. The minimum Gasteiger partial charge on any atom is -0.484 e. The van der Waals surface area contributed by atoms with Crippen LogP contribution in [-0.2, 0) is 21.2 Å². The number of benzene rings is 1. The van der Waals surface area contributed by atoms with Gasteiger partial charge in [-0.1, -0.05) is 12.1 Å². The van der Waals surface area contributed by atoms with Crippen LogP contribution in [-0.4, -0.2) is 81.4 Å². The van der Waals surface area contributed by atoms with E-state index in [1.54, 1.807) is 41.1 Å². The second-order valence-electron chi connectivity index (χ2n) is 7.63. The number of aliphatic imine (C=N–C) groups is 1. The van der Waals surface area contributed by atoms with Crippen molar-refractivity contribution in [3.8, 4) is 5.75 Å². The Morgan fingerprint density at radius 1 is 1.36 bits per heavy atom. The lowest BCUT2D eigenvalue weighted by atomic mass is 10.2. The summed E-state index contributed by atoms with van der Waals surface area (Å²) >= 11 is 0. The van der Waals surface area contributed by atoms with Gasteiger partial charge in [-0.25, -0.2) is 8.42 Å². The lowest BCUT2D eigenvalue weighted by Crippen LogP contribution is -2.57. The summed E-state index contributed by atoms with van der Waals surface area (Å²) in [5.41, 5.74) is 0.972. The molecule has 2 rings (SSSR count). The van der Waals surface area contributed by atoms with Crippen LogP contribution < -0.4 is 10.1 Å². The molecule has 1 aliphatic heterocycles. The summed E-state index contributed by atoms with van der Waals surface area (Å²) in [5, 5.41) is 3.28. The van der Waals surface area contributed by atoms with E-state index < -0.39 is 14.6 Å². The van der Waals surface area contributed by atoms with Crippen molar-refractivity contribution in [1.29, 1.82) is 0 Å². The largest absolute Gasteiger partial charge is 0.484 e. The van der Waals surface area contributed by atoms with Gasteiger partial charge in [0.25, 0.3) is 5.91 Å². The molecular formula is C19H30N4O4S. The van der Waals surface area contributed by atoms with Gasteiger partial charge in [-0.2, -0.15) is 0 Å². The quantitative estimate of drug-likeness (QED) is 0.569. The maximum atomic E-state index is 12.2. The molecule has 9 heteroatoms. The van der Waals surface area contributed by atoms with Gasteiger partial charge in [0.1, 0.15) is 5.75 Å². The molecule has 0 unspecified atom stereocenters. The third kappa shape index (κ3) is 5.37. The van der Waals surface area contributed by atoms with Crippen LogP contribution in [0.4, 0.5) is 0 Å². The molecule has 1 heterocycles. The van der Waals surface area contributed by atoms with Crippen molar-refractivity contribution < 1.29 is 17.9 Å². The van der Waals surface area contributed by atoms with Crippen LogP contribution in [0.1, 0.15) is 19.4 Å². The van der Waals surface area contributed by atoms with E-state index in [4.69, 9.17) is 4.74 Å². The first-order chi connectivity index (χ1) is 13.1. The van der Waals surface area contributed by atoms with Crippen molar-refractivity contribution in [3.63, 3.8) is 0 Å². The first-order valence-electron chi connectivity index (χ1n) is 9.15. The second-order valence-corrected chi connectivity index (χ2v) is 10.4.